The number of carbonyl (C=O) groups is 1. The average Bonchev–Trinajstić information content (AvgIpc) is 2.85. The lowest BCUT2D eigenvalue weighted by atomic mass is 10.2. The van der Waals surface area contributed by atoms with Crippen LogP contribution in [0.5, 0.6) is 0 Å². The van der Waals surface area contributed by atoms with Gasteiger partial charge in [0, 0.05) is 36.9 Å². The van der Waals surface area contributed by atoms with Crippen LogP contribution in [0.4, 0.5) is 5.69 Å². The number of rotatable bonds is 2. The van der Waals surface area contributed by atoms with Gasteiger partial charge in [0.15, 0.2) is 4.80 Å². The van der Waals surface area contributed by atoms with Crippen molar-refractivity contribution in [2.45, 2.75) is 0 Å². The topological polar surface area (TPSA) is 37.6 Å². The summed E-state index contributed by atoms with van der Waals surface area (Å²) < 4.78 is 4.03. The standard InChI is InChI=1S/C17H16BrN3OS/c1-20(2)12-9-7-11(8-10-12)16(22)19-17-21(3)15-13(18)5-4-6-14(15)23-17/h4-10H,1-3H3. The Morgan fingerprint density at radius 2 is 1.87 bits per heavy atom. The lowest BCUT2D eigenvalue weighted by Gasteiger charge is -2.11. The summed E-state index contributed by atoms with van der Waals surface area (Å²) in [6, 6.07) is 13.5. The molecule has 1 heterocycles. The Morgan fingerprint density at radius 1 is 1.17 bits per heavy atom. The van der Waals surface area contributed by atoms with Gasteiger partial charge in [-0.05, 0) is 52.3 Å². The van der Waals surface area contributed by atoms with Crippen LogP contribution in [-0.2, 0) is 7.05 Å². The molecule has 23 heavy (non-hydrogen) atoms. The second-order valence-corrected chi connectivity index (χ2v) is 7.25. The minimum Gasteiger partial charge on any atom is -0.378 e. The van der Waals surface area contributed by atoms with Crippen LogP contribution in [-0.4, -0.2) is 24.6 Å². The van der Waals surface area contributed by atoms with E-state index >= 15 is 0 Å². The van der Waals surface area contributed by atoms with Crippen molar-refractivity contribution in [2.24, 2.45) is 12.0 Å². The highest BCUT2D eigenvalue weighted by Gasteiger charge is 2.09. The van der Waals surface area contributed by atoms with Crippen LogP contribution in [0.15, 0.2) is 51.9 Å². The summed E-state index contributed by atoms with van der Waals surface area (Å²) in [5.41, 5.74) is 2.69. The van der Waals surface area contributed by atoms with Gasteiger partial charge in [0.2, 0.25) is 0 Å². The van der Waals surface area contributed by atoms with E-state index in [1.54, 1.807) is 0 Å². The van der Waals surface area contributed by atoms with Crippen molar-refractivity contribution >= 4 is 49.1 Å². The third-order valence-electron chi connectivity index (χ3n) is 3.60. The molecular weight excluding hydrogens is 374 g/mol. The van der Waals surface area contributed by atoms with Crippen molar-refractivity contribution in [3.8, 4) is 0 Å². The van der Waals surface area contributed by atoms with Gasteiger partial charge < -0.3 is 9.47 Å². The first-order valence-corrected chi connectivity index (χ1v) is 8.69. The van der Waals surface area contributed by atoms with Crippen molar-refractivity contribution < 1.29 is 4.79 Å². The van der Waals surface area contributed by atoms with Gasteiger partial charge in [0.05, 0.1) is 10.2 Å². The summed E-state index contributed by atoms with van der Waals surface area (Å²) in [4.78, 5) is 19.4. The second kappa shape index (κ2) is 6.29. The molecule has 0 saturated carbocycles. The molecule has 1 amide bonds. The molecule has 118 valence electrons. The van der Waals surface area contributed by atoms with Gasteiger partial charge in [-0.2, -0.15) is 4.99 Å². The smallest absolute Gasteiger partial charge is 0.279 e. The highest BCUT2D eigenvalue weighted by Crippen LogP contribution is 2.24. The molecule has 3 rings (SSSR count). The number of benzene rings is 2. The van der Waals surface area contributed by atoms with Crippen LogP contribution in [0.1, 0.15) is 10.4 Å². The summed E-state index contributed by atoms with van der Waals surface area (Å²) in [7, 11) is 5.86. The number of aromatic nitrogens is 1. The number of nitrogens with zero attached hydrogens (tertiary/aromatic N) is 3. The van der Waals surface area contributed by atoms with Crippen molar-refractivity contribution in [2.75, 3.05) is 19.0 Å². The van der Waals surface area contributed by atoms with E-state index in [1.165, 1.54) is 11.3 Å². The number of thiazole rings is 1. The molecule has 2 aromatic carbocycles. The van der Waals surface area contributed by atoms with Crippen LogP contribution in [0.2, 0.25) is 0 Å². The molecule has 0 aliphatic rings. The maximum absolute atomic E-state index is 12.4. The Morgan fingerprint density at radius 3 is 2.48 bits per heavy atom. The van der Waals surface area contributed by atoms with E-state index in [0.717, 1.165) is 20.4 Å². The first kappa shape index (κ1) is 16.0. The van der Waals surface area contributed by atoms with Crippen LogP contribution in [0.3, 0.4) is 0 Å². The molecule has 0 bridgehead atoms. The van der Waals surface area contributed by atoms with Gasteiger partial charge in [-0.25, -0.2) is 0 Å². The Bertz CT molecular complexity index is 939. The first-order valence-electron chi connectivity index (χ1n) is 7.08. The molecule has 0 spiro atoms. The summed E-state index contributed by atoms with van der Waals surface area (Å²) in [5, 5.41) is 0. The zero-order valence-corrected chi connectivity index (χ0v) is 15.5. The quantitative estimate of drug-likeness (QED) is 0.668. The van der Waals surface area contributed by atoms with Crippen LogP contribution >= 0.6 is 27.3 Å². The molecule has 0 aliphatic carbocycles. The molecule has 0 N–H and O–H groups in total. The SMILES string of the molecule is CN(C)c1ccc(C(=O)N=c2sc3cccc(Br)c3n2C)cc1. The number of para-hydroxylation sites is 1. The second-order valence-electron chi connectivity index (χ2n) is 5.39. The van der Waals surface area contributed by atoms with Gasteiger partial charge in [-0.15, -0.1) is 0 Å². The number of hydrogen-bond acceptors (Lipinski definition) is 3. The fourth-order valence-electron chi connectivity index (χ4n) is 2.32. The van der Waals surface area contributed by atoms with E-state index < -0.39 is 0 Å². The van der Waals surface area contributed by atoms with E-state index in [4.69, 9.17) is 0 Å². The Kier molecular flexibility index (Phi) is 4.37. The van der Waals surface area contributed by atoms with Crippen molar-refractivity contribution in [1.29, 1.82) is 0 Å². The summed E-state index contributed by atoms with van der Waals surface area (Å²) in [6.07, 6.45) is 0. The Labute approximate surface area is 146 Å². The molecular formula is C17H16BrN3OS. The molecule has 0 aliphatic heterocycles. The number of hydrogen-bond donors (Lipinski definition) is 0. The zero-order chi connectivity index (χ0) is 16.6. The fraction of sp³-hybridized carbons (Fsp3) is 0.176. The average molecular weight is 390 g/mol. The predicted molar refractivity (Wildman–Crippen MR) is 99.2 cm³/mol. The van der Waals surface area contributed by atoms with E-state index in [9.17, 15) is 4.79 Å². The van der Waals surface area contributed by atoms with Crippen LogP contribution in [0, 0.1) is 0 Å². The molecule has 0 fully saturated rings. The van der Waals surface area contributed by atoms with Crippen molar-refractivity contribution in [1.82, 2.24) is 4.57 Å². The molecule has 0 saturated heterocycles. The number of anilines is 1. The predicted octanol–water partition coefficient (Wildman–Crippen LogP) is 3.81. The normalized spacial score (nSPS) is 11.9. The summed E-state index contributed by atoms with van der Waals surface area (Å²) in [5.74, 6) is -0.228. The van der Waals surface area contributed by atoms with Gasteiger partial charge >= 0.3 is 0 Å². The molecule has 4 nitrogen and oxygen atoms in total. The summed E-state index contributed by atoms with van der Waals surface area (Å²) in [6.45, 7) is 0. The number of amides is 1. The minimum absolute atomic E-state index is 0.228. The molecule has 0 atom stereocenters. The van der Waals surface area contributed by atoms with Crippen molar-refractivity contribution in [3.63, 3.8) is 0 Å². The van der Waals surface area contributed by atoms with E-state index in [2.05, 4.69) is 20.9 Å². The third kappa shape index (κ3) is 3.09. The number of carbonyl (C=O) groups excluding carboxylic acids is 1. The first-order chi connectivity index (χ1) is 11.0. The fourth-order valence-corrected chi connectivity index (χ4v) is 4.12. The molecule has 0 unspecified atom stereocenters. The molecule has 3 aromatic rings. The lowest BCUT2D eigenvalue weighted by molar-refractivity contribution is 0.0998. The maximum atomic E-state index is 12.4. The molecule has 6 heteroatoms. The van der Waals surface area contributed by atoms with Gasteiger partial charge in [-0.3, -0.25) is 4.79 Å². The number of aryl methyl sites for hydroxylation is 1. The van der Waals surface area contributed by atoms with Crippen LogP contribution < -0.4 is 9.70 Å². The highest BCUT2D eigenvalue weighted by molar-refractivity contribution is 9.10. The van der Waals surface area contributed by atoms with E-state index in [0.29, 0.717) is 10.4 Å². The highest BCUT2D eigenvalue weighted by atomic mass is 79.9. The van der Waals surface area contributed by atoms with E-state index in [1.807, 2.05) is 73.1 Å². The minimum atomic E-state index is -0.228. The van der Waals surface area contributed by atoms with Gasteiger partial charge in [0.1, 0.15) is 0 Å². The Balaban J connectivity index is 2.02. The van der Waals surface area contributed by atoms with E-state index in [-0.39, 0.29) is 5.91 Å². The lowest BCUT2D eigenvalue weighted by Crippen LogP contribution is -2.13. The number of fused-ring (bicyclic) bond motifs is 1. The monoisotopic (exact) mass is 389 g/mol. The Hall–Kier alpha value is -1.92. The molecule has 1 aromatic heterocycles. The van der Waals surface area contributed by atoms with Crippen molar-refractivity contribution in [3.05, 3.63) is 57.3 Å². The largest absolute Gasteiger partial charge is 0.378 e. The number of halogens is 1. The third-order valence-corrected chi connectivity index (χ3v) is 5.34. The van der Waals surface area contributed by atoms with Gasteiger partial charge in [0.25, 0.3) is 5.91 Å². The summed E-state index contributed by atoms with van der Waals surface area (Å²) >= 11 is 5.05. The maximum Gasteiger partial charge on any atom is 0.279 e. The van der Waals surface area contributed by atoms with Crippen LogP contribution in [0.25, 0.3) is 10.2 Å². The molecule has 0 radical (unpaired) electrons. The zero-order valence-electron chi connectivity index (χ0n) is 13.1. The van der Waals surface area contributed by atoms with Gasteiger partial charge in [-0.1, -0.05) is 17.4 Å².